The predicted molar refractivity (Wildman–Crippen MR) is 78.1 cm³/mol. The molecule has 0 amide bonds. The van der Waals surface area contributed by atoms with Crippen molar-refractivity contribution in [2.45, 2.75) is 39.3 Å². The number of nitrogens with zero attached hydrogens (tertiary/aromatic N) is 2. The van der Waals surface area contributed by atoms with Crippen molar-refractivity contribution in [1.82, 2.24) is 4.90 Å². The SMILES string of the molecule is Cc1c(CN2CCCC(C)C2C(=O)O)cccc1[N+](=O)[O-]. The molecule has 0 radical (unpaired) electrons. The van der Waals surface area contributed by atoms with Crippen molar-refractivity contribution in [3.63, 3.8) is 0 Å². The van der Waals surface area contributed by atoms with Gasteiger partial charge in [0.1, 0.15) is 6.04 Å². The number of piperidine rings is 1. The highest BCUT2D eigenvalue weighted by atomic mass is 16.6. The van der Waals surface area contributed by atoms with Gasteiger partial charge < -0.3 is 5.11 Å². The van der Waals surface area contributed by atoms with Crippen LogP contribution in [0.1, 0.15) is 30.9 Å². The Balaban J connectivity index is 2.26. The molecule has 6 nitrogen and oxygen atoms in total. The van der Waals surface area contributed by atoms with Crippen molar-refractivity contribution in [2.75, 3.05) is 6.54 Å². The number of nitro groups is 1. The standard InChI is InChI=1S/C15H20N2O4/c1-10-5-4-8-16(14(10)15(18)19)9-12-6-3-7-13(11(12)2)17(20)21/h3,6-7,10,14H,4-5,8-9H2,1-2H3,(H,18,19). The van der Waals surface area contributed by atoms with E-state index in [1.54, 1.807) is 13.0 Å². The Hall–Kier alpha value is -1.95. The van der Waals surface area contributed by atoms with Crippen molar-refractivity contribution < 1.29 is 14.8 Å². The normalized spacial score (nSPS) is 23.0. The first-order valence-corrected chi connectivity index (χ1v) is 7.11. The maximum atomic E-state index is 11.5. The molecular formula is C15H20N2O4. The maximum absolute atomic E-state index is 11.5. The first kappa shape index (κ1) is 15.4. The molecule has 0 spiro atoms. The van der Waals surface area contributed by atoms with Crippen LogP contribution in [0.15, 0.2) is 18.2 Å². The molecule has 1 heterocycles. The van der Waals surface area contributed by atoms with Gasteiger partial charge in [-0.15, -0.1) is 0 Å². The summed E-state index contributed by atoms with van der Waals surface area (Å²) in [5.41, 5.74) is 1.53. The van der Waals surface area contributed by atoms with Crippen molar-refractivity contribution in [3.05, 3.63) is 39.4 Å². The van der Waals surface area contributed by atoms with Crippen LogP contribution in [0.2, 0.25) is 0 Å². The average Bonchev–Trinajstić information content (AvgIpc) is 2.40. The monoisotopic (exact) mass is 292 g/mol. The number of hydrogen-bond acceptors (Lipinski definition) is 4. The number of carbonyl (C=O) groups is 1. The Morgan fingerprint density at radius 1 is 1.52 bits per heavy atom. The molecule has 0 saturated carbocycles. The van der Waals surface area contributed by atoms with E-state index in [1.807, 2.05) is 17.9 Å². The van der Waals surface area contributed by atoms with Crippen LogP contribution >= 0.6 is 0 Å². The molecule has 1 aliphatic heterocycles. The van der Waals surface area contributed by atoms with Gasteiger partial charge in [0, 0.05) is 18.2 Å². The summed E-state index contributed by atoms with van der Waals surface area (Å²) < 4.78 is 0. The average molecular weight is 292 g/mol. The van der Waals surface area contributed by atoms with Crippen LogP contribution in [-0.4, -0.2) is 33.5 Å². The summed E-state index contributed by atoms with van der Waals surface area (Å²) in [5.74, 6) is -0.722. The number of nitro benzene ring substituents is 1. The van der Waals surface area contributed by atoms with E-state index in [-0.39, 0.29) is 11.6 Å². The number of likely N-dealkylation sites (tertiary alicyclic amines) is 1. The van der Waals surface area contributed by atoms with Crippen LogP contribution in [0.4, 0.5) is 5.69 Å². The summed E-state index contributed by atoms with van der Waals surface area (Å²) in [6, 6.07) is 4.45. The second kappa shape index (κ2) is 6.22. The van der Waals surface area contributed by atoms with Gasteiger partial charge in [-0.05, 0) is 37.8 Å². The van der Waals surface area contributed by atoms with E-state index in [9.17, 15) is 20.0 Å². The van der Waals surface area contributed by atoms with Crippen molar-refractivity contribution in [1.29, 1.82) is 0 Å². The molecule has 1 aliphatic rings. The van der Waals surface area contributed by atoms with E-state index in [2.05, 4.69) is 0 Å². The van der Waals surface area contributed by atoms with Crippen molar-refractivity contribution in [3.8, 4) is 0 Å². The Morgan fingerprint density at radius 3 is 2.86 bits per heavy atom. The summed E-state index contributed by atoms with van der Waals surface area (Å²) >= 11 is 0. The molecule has 2 atom stereocenters. The number of carboxylic acid groups (broad SMARTS) is 1. The van der Waals surface area contributed by atoms with Gasteiger partial charge in [-0.2, -0.15) is 0 Å². The lowest BCUT2D eigenvalue weighted by Crippen LogP contribution is -2.48. The quantitative estimate of drug-likeness (QED) is 0.681. The first-order valence-electron chi connectivity index (χ1n) is 7.11. The van der Waals surface area contributed by atoms with Crippen LogP contribution in [0.25, 0.3) is 0 Å². The molecule has 114 valence electrons. The predicted octanol–water partition coefficient (Wildman–Crippen LogP) is 2.59. The third-order valence-electron chi connectivity index (χ3n) is 4.28. The molecule has 1 aromatic rings. The zero-order chi connectivity index (χ0) is 15.6. The molecule has 1 saturated heterocycles. The molecule has 6 heteroatoms. The smallest absolute Gasteiger partial charge is 0.321 e. The van der Waals surface area contributed by atoms with E-state index in [1.165, 1.54) is 6.07 Å². The summed E-state index contributed by atoms with van der Waals surface area (Å²) in [7, 11) is 0. The fraction of sp³-hybridized carbons (Fsp3) is 0.533. The molecule has 1 fully saturated rings. The Kier molecular flexibility index (Phi) is 4.57. The number of hydrogen-bond donors (Lipinski definition) is 1. The largest absolute Gasteiger partial charge is 0.480 e. The minimum atomic E-state index is -0.815. The summed E-state index contributed by atoms with van der Waals surface area (Å²) in [6.07, 6.45) is 1.86. The fourth-order valence-corrected chi connectivity index (χ4v) is 3.11. The van der Waals surface area contributed by atoms with Crippen LogP contribution in [0.3, 0.4) is 0 Å². The number of benzene rings is 1. The van der Waals surface area contributed by atoms with E-state index >= 15 is 0 Å². The van der Waals surface area contributed by atoms with Gasteiger partial charge in [0.2, 0.25) is 0 Å². The molecule has 0 aromatic heterocycles. The fourth-order valence-electron chi connectivity index (χ4n) is 3.11. The molecule has 1 aromatic carbocycles. The molecule has 0 bridgehead atoms. The van der Waals surface area contributed by atoms with Gasteiger partial charge in [-0.3, -0.25) is 19.8 Å². The van der Waals surface area contributed by atoms with Crippen molar-refractivity contribution >= 4 is 11.7 Å². The summed E-state index contributed by atoms with van der Waals surface area (Å²) in [4.78, 5) is 24.0. The number of carboxylic acids is 1. The lowest BCUT2D eigenvalue weighted by molar-refractivity contribution is -0.385. The van der Waals surface area contributed by atoms with E-state index in [4.69, 9.17) is 0 Å². The first-order chi connectivity index (χ1) is 9.91. The molecule has 21 heavy (non-hydrogen) atoms. The zero-order valence-corrected chi connectivity index (χ0v) is 12.3. The highest BCUT2D eigenvalue weighted by Gasteiger charge is 2.34. The molecule has 0 aliphatic carbocycles. The number of aliphatic carboxylic acids is 1. The summed E-state index contributed by atoms with van der Waals surface area (Å²) in [5, 5.41) is 20.4. The van der Waals surface area contributed by atoms with Gasteiger partial charge in [0.15, 0.2) is 0 Å². The molecule has 2 unspecified atom stereocenters. The highest BCUT2D eigenvalue weighted by Crippen LogP contribution is 2.28. The second-order valence-electron chi connectivity index (χ2n) is 5.69. The van der Waals surface area contributed by atoms with Crippen molar-refractivity contribution in [2.24, 2.45) is 5.92 Å². The molecule has 2 rings (SSSR count). The van der Waals surface area contributed by atoms with Gasteiger partial charge in [0.25, 0.3) is 5.69 Å². The van der Waals surface area contributed by atoms with E-state index in [0.717, 1.165) is 18.4 Å². The minimum Gasteiger partial charge on any atom is -0.480 e. The Morgan fingerprint density at radius 2 is 2.24 bits per heavy atom. The van der Waals surface area contributed by atoms with Gasteiger partial charge in [0.05, 0.1) is 4.92 Å². The summed E-state index contributed by atoms with van der Waals surface area (Å²) in [6.45, 7) is 4.82. The molecular weight excluding hydrogens is 272 g/mol. The molecule has 1 N–H and O–H groups in total. The number of rotatable bonds is 4. The lowest BCUT2D eigenvalue weighted by Gasteiger charge is -2.37. The van der Waals surface area contributed by atoms with E-state index in [0.29, 0.717) is 18.7 Å². The van der Waals surface area contributed by atoms with Crippen LogP contribution < -0.4 is 0 Å². The second-order valence-corrected chi connectivity index (χ2v) is 5.69. The maximum Gasteiger partial charge on any atom is 0.321 e. The topological polar surface area (TPSA) is 83.7 Å². The van der Waals surface area contributed by atoms with Gasteiger partial charge in [-0.1, -0.05) is 19.1 Å². The van der Waals surface area contributed by atoms with E-state index < -0.39 is 16.9 Å². The zero-order valence-electron chi connectivity index (χ0n) is 12.3. The van der Waals surface area contributed by atoms with Crippen LogP contribution in [-0.2, 0) is 11.3 Å². The Bertz CT molecular complexity index is 559. The lowest BCUT2D eigenvalue weighted by atomic mass is 9.90. The van der Waals surface area contributed by atoms with Crippen LogP contribution in [0.5, 0.6) is 0 Å². The van der Waals surface area contributed by atoms with Gasteiger partial charge >= 0.3 is 5.97 Å². The van der Waals surface area contributed by atoms with Gasteiger partial charge in [-0.25, -0.2) is 0 Å². The third-order valence-corrected chi connectivity index (χ3v) is 4.28. The van der Waals surface area contributed by atoms with Crippen LogP contribution in [0, 0.1) is 23.0 Å². The third kappa shape index (κ3) is 3.21. The minimum absolute atomic E-state index is 0.0874. The highest BCUT2D eigenvalue weighted by molar-refractivity contribution is 5.74. The Labute approximate surface area is 123 Å².